The molecule has 1 heterocycles. The van der Waals surface area contributed by atoms with E-state index in [2.05, 4.69) is 16.4 Å². The SMILES string of the molecule is CN(C)C(CNC(=O)CCCc1nc2ccccc2s1)c1cccc(F)c1. The lowest BCUT2D eigenvalue weighted by molar-refractivity contribution is -0.121. The monoisotopic (exact) mass is 385 g/mol. The number of fused-ring (bicyclic) bond motifs is 1. The largest absolute Gasteiger partial charge is 0.354 e. The molecule has 0 fully saturated rings. The normalized spacial score (nSPS) is 12.4. The minimum Gasteiger partial charge on any atom is -0.354 e. The molecule has 2 aromatic carbocycles. The minimum absolute atomic E-state index is 0.0133. The molecule has 4 nitrogen and oxygen atoms in total. The second-order valence-electron chi connectivity index (χ2n) is 6.77. The van der Waals surface area contributed by atoms with Crippen molar-refractivity contribution in [3.05, 3.63) is 64.9 Å². The predicted octanol–water partition coefficient (Wildman–Crippen LogP) is 4.18. The Bertz CT molecular complexity index is 876. The van der Waals surface area contributed by atoms with Gasteiger partial charge in [0.05, 0.1) is 21.3 Å². The lowest BCUT2D eigenvalue weighted by atomic mass is 10.1. The summed E-state index contributed by atoms with van der Waals surface area (Å²) >= 11 is 1.68. The number of amides is 1. The number of nitrogens with zero attached hydrogens (tertiary/aromatic N) is 2. The summed E-state index contributed by atoms with van der Waals surface area (Å²) in [5.41, 5.74) is 1.88. The van der Waals surface area contributed by atoms with Gasteiger partial charge in [-0.25, -0.2) is 9.37 Å². The highest BCUT2D eigenvalue weighted by molar-refractivity contribution is 7.18. The zero-order valence-corrected chi connectivity index (χ0v) is 16.4. The van der Waals surface area contributed by atoms with Crippen LogP contribution in [0.5, 0.6) is 0 Å². The second-order valence-corrected chi connectivity index (χ2v) is 7.88. The van der Waals surface area contributed by atoms with Gasteiger partial charge in [-0.2, -0.15) is 0 Å². The third-order valence-electron chi connectivity index (χ3n) is 4.48. The van der Waals surface area contributed by atoms with Crippen molar-refractivity contribution in [2.75, 3.05) is 20.6 Å². The molecule has 1 aromatic heterocycles. The molecule has 1 amide bonds. The molecule has 0 spiro atoms. The van der Waals surface area contributed by atoms with Crippen LogP contribution in [0.4, 0.5) is 4.39 Å². The van der Waals surface area contributed by atoms with Crippen molar-refractivity contribution < 1.29 is 9.18 Å². The first-order chi connectivity index (χ1) is 13.0. The van der Waals surface area contributed by atoms with Gasteiger partial charge in [0.25, 0.3) is 0 Å². The van der Waals surface area contributed by atoms with Gasteiger partial charge in [0.1, 0.15) is 5.82 Å². The fourth-order valence-corrected chi connectivity index (χ4v) is 4.05. The number of aryl methyl sites for hydroxylation is 1. The summed E-state index contributed by atoms with van der Waals surface area (Å²) in [6.45, 7) is 0.455. The summed E-state index contributed by atoms with van der Waals surface area (Å²) in [6.07, 6.45) is 2.02. The molecule has 3 aromatic rings. The van der Waals surface area contributed by atoms with Crippen molar-refractivity contribution in [3.8, 4) is 0 Å². The Morgan fingerprint density at radius 1 is 1.22 bits per heavy atom. The van der Waals surface area contributed by atoms with Crippen LogP contribution >= 0.6 is 11.3 Å². The quantitative estimate of drug-likeness (QED) is 0.633. The molecule has 3 rings (SSSR count). The Morgan fingerprint density at radius 2 is 2.04 bits per heavy atom. The van der Waals surface area contributed by atoms with E-state index in [1.807, 2.05) is 43.3 Å². The van der Waals surface area contributed by atoms with E-state index in [0.29, 0.717) is 13.0 Å². The third kappa shape index (κ3) is 5.34. The third-order valence-corrected chi connectivity index (χ3v) is 5.58. The molecule has 1 N–H and O–H groups in total. The van der Waals surface area contributed by atoms with Gasteiger partial charge in [0, 0.05) is 13.0 Å². The Morgan fingerprint density at radius 3 is 2.78 bits per heavy atom. The molecule has 27 heavy (non-hydrogen) atoms. The van der Waals surface area contributed by atoms with Gasteiger partial charge >= 0.3 is 0 Å². The van der Waals surface area contributed by atoms with Gasteiger partial charge in [0.2, 0.25) is 5.91 Å². The number of hydrogen-bond donors (Lipinski definition) is 1. The van der Waals surface area contributed by atoms with Crippen LogP contribution in [0.25, 0.3) is 10.2 Å². The van der Waals surface area contributed by atoms with Gasteiger partial charge in [-0.3, -0.25) is 4.79 Å². The number of carbonyl (C=O) groups is 1. The fourth-order valence-electron chi connectivity index (χ4n) is 3.04. The predicted molar refractivity (Wildman–Crippen MR) is 108 cm³/mol. The molecule has 0 radical (unpaired) electrons. The van der Waals surface area contributed by atoms with Crippen molar-refractivity contribution in [2.45, 2.75) is 25.3 Å². The summed E-state index contributed by atoms with van der Waals surface area (Å²) in [5.74, 6) is -0.249. The minimum atomic E-state index is -0.262. The topological polar surface area (TPSA) is 45.2 Å². The first kappa shape index (κ1) is 19.5. The van der Waals surface area contributed by atoms with Crippen LogP contribution in [0, 0.1) is 5.82 Å². The van der Waals surface area contributed by atoms with Crippen LogP contribution in [0.3, 0.4) is 0 Å². The lowest BCUT2D eigenvalue weighted by Crippen LogP contribution is -2.34. The molecule has 0 saturated heterocycles. The van der Waals surface area contributed by atoms with Crippen LogP contribution in [-0.4, -0.2) is 36.4 Å². The number of aromatic nitrogens is 1. The van der Waals surface area contributed by atoms with Crippen molar-refractivity contribution in [1.82, 2.24) is 15.2 Å². The number of para-hydroxylation sites is 1. The highest BCUT2D eigenvalue weighted by Crippen LogP contribution is 2.23. The van der Waals surface area contributed by atoms with Gasteiger partial charge in [-0.1, -0.05) is 24.3 Å². The van der Waals surface area contributed by atoms with E-state index < -0.39 is 0 Å². The Balaban J connectivity index is 1.48. The molecule has 0 aliphatic rings. The zero-order chi connectivity index (χ0) is 19.2. The van der Waals surface area contributed by atoms with Crippen molar-refractivity contribution in [1.29, 1.82) is 0 Å². The van der Waals surface area contributed by atoms with E-state index in [1.54, 1.807) is 17.4 Å². The molecule has 142 valence electrons. The maximum Gasteiger partial charge on any atom is 0.220 e. The van der Waals surface area contributed by atoms with Crippen molar-refractivity contribution in [2.24, 2.45) is 0 Å². The number of hydrogen-bond acceptors (Lipinski definition) is 4. The van der Waals surface area contributed by atoms with E-state index in [-0.39, 0.29) is 17.8 Å². The number of benzene rings is 2. The first-order valence-corrected chi connectivity index (χ1v) is 9.87. The average Bonchev–Trinajstić information content (AvgIpc) is 3.04. The number of halogens is 1. The van der Waals surface area contributed by atoms with Gasteiger partial charge in [-0.05, 0) is 56.8 Å². The fraction of sp³-hybridized carbons (Fsp3) is 0.333. The molecule has 1 unspecified atom stereocenters. The van der Waals surface area contributed by atoms with Crippen LogP contribution in [-0.2, 0) is 11.2 Å². The van der Waals surface area contributed by atoms with Gasteiger partial charge in [0.15, 0.2) is 0 Å². The number of rotatable bonds is 8. The molecule has 0 saturated carbocycles. The summed E-state index contributed by atoms with van der Waals surface area (Å²) in [7, 11) is 3.85. The van der Waals surface area contributed by atoms with Gasteiger partial charge in [-0.15, -0.1) is 11.3 Å². The average molecular weight is 386 g/mol. The number of likely N-dealkylation sites (N-methyl/N-ethyl adjacent to an activating group) is 1. The Hall–Kier alpha value is -2.31. The zero-order valence-electron chi connectivity index (χ0n) is 15.6. The Kier molecular flexibility index (Phi) is 6.53. The van der Waals surface area contributed by atoms with E-state index in [1.165, 1.54) is 16.8 Å². The summed E-state index contributed by atoms with van der Waals surface area (Å²) < 4.78 is 14.7. The van der Waals surface area contributed by atoms with Crippen LogP contribution < -0.4 is 5.32 Å². The second kappa shape index (κ2) is 9.06. The molecule has 0 aliphatic heterocycles. The van der Waals surface area contributed by atoms with Crippen molar-refractivity contribution in [3.63, 3.8) is 0 Å². The van der Waals surface area contributed by atoms with E-state index in [4.69, 9.17) is 0 Å². The summed E-state index contributed by atoms with van der Waals surface area (Å²) in [4.78, 5) is 18.8. The van der Waals surface area contributed by atoms with Gasteiger partial charge < -0.3 is 10.2 Å². The smallest absolute Gasteiger partial charge is 0.220 e. The van der Waals surface area contributed by atoms with Crippen LogP contribution in [0.15, 0.2) is 48.5 Å². The standard InChI is InChI=1S/C21H24FN3OS/c1-25(2)18(15-7-5-8-16(22)13-15)14-23-20(26)11-6-12-21-24-17-9-3-4-10-19(17)27-21/h3-5,7-10,13,18H,6,11-12,14H2,1-2H3,(H,23,26). The molecule has 0 bridgehead atoms. The number of thiazole rings is 1. The highest BCUT2D eigenvalue weighted by atomic mass is 32.1. The van der Waals surface area contributed by atoms with Crippen molar-refractivity contribution >= 4 is 27.5 Å². The molecule has 0 aliphatic carbocycles. The maximum absolute atomic E-state index is 13.5. The lowest BCUT2D eigenvalue weighted by Gasteiger charge is -2.25. The van der Waals surface area contributed by atoms with E-state index >= 15 is 0 Å². The summed E-state index contributed by atoms with van der Waals surface area (Å²) in [6, 6.07) is 14.5. The molecular formula is C21H24FN3OS. The Labute approximate surface area is 163 Å². The molecule has 1 atom stereocenters. The number of nitrogens with one attached hydrogen (secondary N) is 1. The molecular weight excluding hydrogens is 361 g/mol. The van der Waals surface area contributed by atoms with E-state index in [9.17, 15) is 9.18 Å². The number of carbonyl (C=O) groups excluding carboxylic acids is 1. The van der Waals surface area contributed by atoms with Crippen LogP contribution in [0.1, 0.15) is 29.5 Å². The van der Waals surface area contributed by atoms with E-state index in [0.717, 1.165) is 28.9 Å². The van der Waals surface area contributed by atoms with Crippen LogP contribution in [0.2, 0.25) is 0 Å². The highest BCUT2D eigenvalue weighted by Gasteiger charge is 2.16. The first-order valence-electron chi connectivity index (χ1n) is 9.06. The molecule has 6 heteroatoms. The maximum atomic E-state index is 13.5. The summed E-state index contributed by atoms with van der Waals surface area (Å²) in [5, 5.41) is 4.04.